The summed E-state index contributed by atoms with van der Waals surface area (Å²) in [6.07, 6.45) is 2.64. The van der Waals surface area contributed by atoms with Crippen LogP contribution in [0, 0.1) is 0 Å². The monoisotopic (exact) mass is 454 g/mol. The Morgan fingerprint density at radius 3 is 1.21 bits per heavy atom. The number of phenolic OH excluding ortho intramolecular Hbond substituents is 4. The number of phenols is 4. The van der Waals surface area contributed by atoms with Crippen LogP contribution in [0.25, 0.3) is 0 Å². The molecule has 0 bridgehead atoms. The Kier molecular flexibility index (Phi) is 6.78. The summed E-state index contributed by atoms with van der Waals surface area (Å²) in [6.45, 7) is 2.20. The average molecular weight is 455 g/mol. The summed E-state index contributed by atoms with van der Waals surface area (Å²) in [4.78, 5) is 0. The summed E-state index contributed by atoms with van der Waals surface area (Å²) in [5.74, 6) is 1.05. The first kappa shape index (κ1) is 23.2. The highest BCUT2D eigenvalue weighted by Crippen LogP contribution is 2.40. The van der Waals surface area contributed by atoms with Crippen molar-refractivity contribution in [1.82, 2.24) is 0 Å². The first-order chi connectivity index (χ1) is 16.3. The molecule has 0 aliphatic carbocycles. The van der Waals surface area contributed by atoms with Crippen LogP contribution in [-0.2, 0) is 5.41 Å². The molecule has 0 aliphatic rings. The molecule has 0 saturated heterocycles. The molecule has 4 aromatic rings. The van der Waals surface area contributed by atoms with E-state index in [1.807, 2.05) is 48.5 Å². The Balaban J connectivity index is 1.62. The summed E-state index contributed by atoms with van der Waals surface area (Å²) in [7, 11) is 0. The van der Waals surface area contributed by atoms with E-state index in [9.17, 15) is 20.4 Å². The van der Waals surface area contributed by atoms with Gasteiger partial charge in [-0.25, -0.2) is 0 Å². The van der Waals surface area contributed by atoms with Crippen molar-refractivity contribution in [2.24, 2.45) is 0 Å². The fourth-order valence-corrected chi connectivity index (χ4v) is 4.71. The molecule has 0 aliphatic heterocycles. The molecule has 4 aromatic carbocycles. The van der Waals surface area contributed by atoms with Crippen LogP contribution in [0.3, 0.4) is 0 Å². The third kappa shape index (κ3) is 5.18. The van der Waals surface area contributed by atoms with Gasteiger partial charge in [0.25, 0.3) is 0 Å². The largest absolute Gasteiger partial charge is 0.508 e. The summed E-state index contributed by atoms with van der Waals surface area (Å²) >= 11 is 0. The van der Waals surface area contributed by atoms with Crippen LogP contribution in [0.4, 0.5) is 0 Å². The maximum Gasteiger partial charge on any atom is 0.115 e. The van der Waals surface area contributed by atoms with Gasteiger partial charge in [-0.3, -0.25) is 0 Å². The fraction of sp³-hybridized carbons (Fsp3) is 0.200. The van der Waals surface area contributed by atoms with Gasteiger partial charge in [0.1, 0.15) is 23.0 Å². The van der Waals surface area contributed by atoms with Crippen molar-refractivity contribution in [3.63, 3.8) is 0 Å². The van der Waals surface area contributed by atoms with Gasteiger partial charge < -0.3 is 20.4 Å². The van der Waals surface area contributed by atoms with Gasteiger partial charge in [-0.05, 0) is 83.6 Å². The third-order valence-corrected chi connectivity index (χ3v) is 6.77. The van der Waals surface area contributed by atoms with Gasteiger partial charge >= 0.3 is 0 Å². The minimum atomic E-state index is -0.310. The van der Waals surface area contributed by atoms with E-state index in [1.165, 1.54) is 0 Å². The molecule has 4 rings (SSSR count). The number of hydrogen-bond donors (Lipinski definition) is 4. The van der Waals surface area contributed by atoms with E-state index in [4.69, 9.17) is 0 Å². The highest BCUT2D eigenvalue weighted by molar-refractivity contribution is 5.42. The van der Waals surface area contributed by atoms with Crippen LogP contribution in [0.5, 0.6) is 23.0 Å². The van der Waals surface area contributed by atoms with Crippen LogP contribution < -0.4 is 0 Å². The molecule has 4 nitrogen and oxygen atoms in total. The van der Waals surface area contributed by atoms with Gasteiger partial charge in [0.2, 0.25) is 0 Å². The van der Waals surface area contributed by atoms with Crippen molar-refractivity contribution in [1.29, 1.82) is 0 Å². The van der Waals surface area contributed by atoms with E-state index in [1.54, 1.807) is 48.5 Å². The summed E-state index contributed by atoms with van der Waals surface area (Å²) in [6, 6.07) is 29.3. The van der Waals surface area contributed by atoms with Crippen molar-refractivity contribution in [2.45, 2.75) is 37.5 Å². The normalized spacial score (nSPS) is 11.6. The number of aromatic hydroxyl groups is 4. The maximum absolute atomic E-state index is 9.80. The van der Waals surface area contributed by atoms with E-state index in [2.05, 4.69) is 6.92 Å². The zero-order valence-corrected chi connectivity index (χ0v) is 19.2. The molecule has 0 heterocycles. The highest BCUT2D eigenvalue weighted by Gasteiger charge is 2.29. The molecule has 0 amide bonds. The van der Waals surface area contributed by atoms with Crippen molar-refractivity contribution >= 4 is 0 Å². The Labute approximate surface area is 200 Å². The van der Waals surface area contributed by atoms with E-state index in [0.29, 0.717) is 0 Å². The van der Waals surface area contributed by atoms with Gasteiger partial charge in [0.05, 0.1) is 0 Å². The predicted molar refractivity (Wildman–Crippen MR) is 135 cm³/mol. The fourth-order valence-electron chi connectivity index (χ4n) is 4.71. The lowest BCUT2D eigenvalue weighted by Gasteiger charge is -2.32. The molecule has 0 unspecified atom stereocenters. The molecule has 0 spiro atoms. The SMILES string of the molecule is CC(CCCC(c1ccc(O)cc1)c1ccc(O)cc1)(c1ccc(O)cc1)c1ccc(O)cc1. The second-order valence-electron chi connectivity index (χ2n) is 9.05. The summed E-state index contributed by atoms with van der Waals surface area (Å²) in [5, 5.41) is 39.1. The number of rotatable bonds is 8. The van der Waals surface area contributed by atoms with Crippen LogP contribution >= 0.6 is 0 Å². The van der Waals surface area contributed by atoms with E-state index in [0.717, 1.165) is 41.5 Å². The molecule has 174 valence electrons. The van der Waals surface area contributed by atoms with Gasteiger partial charge in [-0.15, -0.1) is 0 Å². The number of hydrogen-bond acceptors (Lipinski definition) is 4. The van der Waals surface area contributed by atoms with E-state index < -0.39 is 0 Å². The Hall–Kier alpha value is -3.92. The van der Waals surface area contributed by atoms with Crippen LogP contribution in [0.15, 0.2) is 97.1 Å². The van der Waals surface area contributed by atoms with E-state index in [-0.39, 0.29) is 34.3 Å². The van der Waals surface area contributed by atoms with Gasteiger partial charge in [-0.2, -0.15) is 0 Å². The molecule has 4 heteroatoms. The quantitative estimate of drug-likeness (QED) is 0.236. The lowest BCUT2D eigenvalue weighted by molar-refractivity contribution is 0.461. The Morgan fingerprint density at radius 1 is 0.529 bits per heavy atom. The van der Waals surface area contributed by atoms with Gasteiger partial charge in [0.15, 0.2) is 0 Å². The molecular weight excluding hydrogens is 424 g/mol. The van der Waals surface area contributed by atoms with E-state index >= 15 is 0 Å². The highest BCUT2D eigenvalue weighted by atomic mass is 16.3. The standard InChI is InChI=1S/C30H30O4/c1-30(23-8-16-27(33)17-9-23,24-10-18-28(34)19-11-24)20-2-3-29(21-4-12-25(31)13-5-21)22-6-14-26(32)15-7-22/h4-19,29,31-34H,2-3,20H2,1H3. The minimum absolute atomic E-state index is 0.116. The Bertz CT molecular complexity index is 1100. The lowest BCUT2D eigenvalue weighted by Crippen LogP contribution is -2.24. The molecule has 34 heavy (non-hydrogen) atoms. The lowest BCUT2D eigenvalue weighted by atomic mass is 9.72. The molecule has 0 radical (unpaired) electrons. The first-order valence-corrected chi connectivity index (χ1v) is 11.5. The van der Waals surface area contributed by atoms with Crippen LogP contribution in [0.2, 0.25) is 0 Å². The molecule has 0 atom stereocenters. The minimum Gasteiger partial charge on any atom is -0.508 e. The second kappa shape index (κ2) is 9.92. The number of benzene rings is 4. The smallest absolute Gasteiger partial charge is 0.115 e. The molecule has 0 aromatic heterocycles. The molecule has 4 N–H and O–H groups in total. The van der Waals surface area contributed by atoms with Gasteiger partial charge in [0, 0.05) is 11.3 Å². The molecule has 0 saturated carbocycles. The average Bonchev–Trinajstić information content (AvgIpc) is 2.84. The van der Waals surface area contributed by atoms with Crippen molar-refractivity contribution in [2.75, 3.05) is 0 Å². The van der Waals surface area contributed by atoms with Crippen molar-refractivity contribution < 1.29 is 20.4 Å². The van der Waals surface area contributed by atoms with Crippen LogP contribution in [0.1, 0.15) is 54.4 Å². The summed E-state index contributed by atoms with van der Waals surface area (Å²) < 4.78 is 0. The first-order valence-electron chi connectivity index (χ1n) is 11.5. The molecular formula is C30H30O4. The van der Waals surface area contributed by atoms with Gasteiger partial charge in [-0.1, -0.05) is 61.9 Å². The zero-order chi connectivity index (χ0) is 24.1. The maximum atomic E-state index is 9.80. The zero-order valence-electron chi connectivity index (χ0n) is 19.2. The molecule has 0 fully saturated rings. The predicted octanol–water partition coefficient (Wildman–Crippen LogP) is 6.82. The summed E-state index contributed by atoms with van der Waals surface area (Å²) in [5.41, 5.74) is 4.11. The Morgan fingerprint density at radius 2 is 0.853 bits per heavy atom. The third-order valence-electron chi connectivity index (χ3n) is 6.77. The van der Waals surface area contributed by atoms with Crippen LogP contribution in [-0.4, -0.2) is 20.4 Å². The van der Waals surface area contributed by atoms with Crippen molar-refractivity contribution in [3.8, 4) is 23.0 Å². The topological polar surface area (TPSA) is 80.9 Å². The second-order valence-corrected chi connectivity index (χ2v) is 9.05. The van der Waals surface area contributed by atoms with Crippen molar-refractivity contribution in [3.05, 3.63) is 119 Å².